The number of nitrogens with zero attached hydrogens (tertiary/aromatic N) is 3. The van der Waals surface area contributed by atoms with Crippen LogP contribution in [0.1, 0.15) is 48.7 Å². The maximum absolute atomic E-state index is 13.8. The molecule has 0 radical (unpaired) electrons. The van der Waals surface area contributed by atoms with Crippen molar-refractivity contribution in [3.63, 3.8) is 0 Å². The molecule has 0 atom stereocenters. The highest BCUT2D eigenvalue weighted by atomic mass is 32.1. The molecule has 30 heavy (non-hydrogen) atoms. The molecular formula is C24H26N4OS. The lowest BCUT2D eigenvalue weighted by Gasteiger charge is -2.16. The van der Waals surface area contributed by atoms with Crippen molar-refractivity contribution in [3.05, 3.63) is 56.8 Å². The Bertz CT molecular complexity index is 1290. The Morgan fingerprint density at radius 3 is 2.70 bits per heavy atom. The number of anilines is 1. The van der Waals surface area contributed by atoms with Crippen LogP contribution in [0.15, 0.2) is 35.1 Å². The lowest BCUT2D eigenvalue weighted by molar-refractivity contribution is 0.700. The number of thiophene rings is 1. The highest BCUT2D eigenvalue weighted by Crippen LogP contribution is 2.39. The number of unbranched alkanes of at least 4 members (excludes halogenated alkanes) is 1. The van der Waals surface area contributed by atoms with Gasteiger partial charge in [-0.1, -0.05) is 31.5 Å². The largest absolute Gasteiger partial charge is 0.355 e. The molecule has 4 aromatic rings. The van der Waals surface area contributed by atoms with Gasteiger partial charge >= 0.3 is 0 Å². The number of fused-ring (bicyclic) bond motifs is 5. The average Bonchev–Trinajstić information content (AvgIpc) is 3.12. The summed E-state index contributed by atoms with van der Waals surface area (Å²) < 4.78 is 1.71. The Hall–Kier alpha value is -2.73. The van der Waals surface area contributed by atoms with Gasteiger partial charge in [0.25, 0.3) is 5.56 Å². The summed E-state index contributed by atoms with van der Waals surface area (Å²) in [6.07, 6.45) is 6.70. The first kappa shape index (κ1) is 19.2. The summed E-state index contributed by atoms with van der Waals surface area (Å²) in [5, 5.41) is 5.18. The van der Waals surface area contributed by atoms with Gasteiger partial charge in [-0.05, 0) is 56.7 Å². The molecule has 5 rings (SSSR count). The molecule has 0 saturated carbocycles. The van der Waals surface area contributed by atoms with Crippen LogP contribution in [0.25, 0.3) is 26.8 Å². The van der Waals surface area contributed by atoms with Gasteiger partial charge in [-0.2, -0.15) is 0 Å². The highest BCUT2D eigenvalue weighted by Gasteiger charge is 2.23. The maximum atomic E-state index is 13.8. The number of rotatable bonds is 5. The second-order valence-electron chi connectivity index (χ2n) is 8.00. The Kier molecular flexibility index (Phi) is 5.03. The molecule has 0 fully saturated rings. The number of aromatic nitrogens is 3. The first-order chi connectivity index (χ1) is 14.7. The van der Waals surface area contributed by atoms with Crippen LogP contribution in [0.2, 0.25) is 0 Å². The number of aryl methyl sites for hydroxylation is 3. The van der Waals surface area contributed by atoms with Crippen molar-refractivity contribution in [2.75, 3.05) is 11.9 Å². The van der Waals surface area contributed by atoms with Crippen LogP contribution in [-0.2, 0) is 12.8 Å². The van der Waals surface area contributed by atoms with E-state index >= 15 is 0 Å². The molecule has 0 aliphatic heterocycles. The van der Waals surface area contributed by atoms with Crippen molar-refractivity contribution >= 4 is 38.4 Å². The van der Waals surface area contributed by atoms with Gasteiger partial charge in [-0.25, -0.2) is 14.5 Å². The van der Waals surface area contributed by atoms with E-state index in [2.05, 4.69) is 12.2 Å². The minimum atomic E-state index is -0.0483. The van der Waals surface area contributed by atoms with Gasteiger partial charge in [0.1, 0.15) is 4.83 Å². The molecule has 0 saturated heterocycles. The normalized spacial score (nSPS) is 13.7. The molecule has 0 unspecified atom stereocenters. The molecule has 5 nitrogen and oxygen atoms in total. The molecule has 1 aliphatic rings. The molecule has 3 heterocycles. The smallest absolute Gasteiger partial charge is 0.269 e. The summed E-state index contributed by atoms with van der Waals surface area (Å²) in [5.41, 5.74) is 3.71. The minimum Gasteiger partial charge on any atom is -0.355 e. The number of nitrogens with one attached hydrogen (secondary N) is 1. The molecular weight excluding hydrogens is 392 g/mol. The van der Waals surface area contributed by atoms with Gasteiger partial charge < -0.3 is 5.32 Å². The van der Waals surface area contributed by atoms with Crippen LogP contribution in [0.3, 0.4) is 0 Å². The fourth-order valence-electron chi connectivity index (χ4n) is 4.42. The number of hydrogen-bond acceptors (Lipinski definition) is 5. The first-order valence-corrected chi connectivity index (χ1v) is 11.7. The van der Waals surface area contributed by atoms with Gasteiger partial charge in [0, 0.05) is 16.8 Å². The third kappa shape index (κ3) is 3.10. The molecule has 0 bridgehead atoms. The molecule has 154 valence electrons. The molecule has 3 aromatic heterocycles. The summed E-state index contributed by atoms with van der Waals surface area (Å²) in [5.74, 6) is 0.620. The number of benzene rings is 1. The van der Waals surface area contributed by atoms with E-state index in [1.54, 1.807) is 15.9 Å². The molecule has 0 amide bonds. The lowest BCUT2D eigenvalue weighted by atomic mass is 9.96. The van der Waals surface area contributed by atoms with Gasteiger partial charge in [-0.15, -0.1) is 11.3 Å². The van der Waals surface area contributed by atoms with Crippen molar-refractivity contribution in [3.8, 4) is 5.69 Å². The predicted octanol–water partition coefficient (Wildman–Crippen LogP) is 5.39. The fourth-order valence-corrected chi connectivity index (χ4v) is 5.73. The lowest BCUT2D eigenvalue weighted by Crippen LogP contribution is -2.25. The van der Waals surface area contributed by atoms with E-state index < -0.39 is 0 Å². The van der Waals surface area contributed by atoms with E-state index in [1.807, 2.05) is 37.3 Å². The molecule has 1 aliphatic carbocycles. The molecule has 6 heteroatoms. The van der Waals surface area contributed by atoms with E-state index in [-0.39, 0.29) is 5.56 Å². The topological polar surface area (TPSA) is 59.8 Å². The van der Waals surface area contributed by atoms with Crippen molar-refractivity contribution in [1.29, 1.82) is 0 Å². The Morgan fingerprint density at radius 2 is 1.90 bits per heavy atom. The Labute approximate surface area is 179 Å². The number of para-hydroxylation sites is 1. The third-order valence-electron chi connectivity index (χ3n) is 5.93. The summed E-state index contributed by atoms with van der Waals surface area (Å²) in [6, 6.07) is 9.76. The number of pyridine rings is 1. The quantitative estimate of drug-likeness (QED) is 0.441. The standard InChI is InChI=1S/C24H26N4OS/c1-3-4-14-25-24-27-21-19(23(29)28(24)16-10-6-5-7-11-16)15(2)26-22-20(21)17-12-8-9-13-18(17)30-22/h5-7,10-11H,3-4,8-9,12-14H2,1-2H3,(H,25,27). The predicted molar refractivity (Wildman–Crippen MR) is 125 cm³/mol. The summed E-state index contributed by atoms with van der Waals surface area (Å²) in [6.45, 7) is 4.88. The maximum Gasteiger partial charge on any atom is 0.269 e. The van der Waals surface area contributed by atoms with Crippen LogP contribution >= 0.6 is 11.3 Å². The average molecular weight is 419 g/mol. The van der Waals surface area contributed by atoms with E-state index in [4.69, 9.17) is 9.97 Å². The Morgan fingerprint density at radius 1 is 1.10 bits per heavy atom. The fraction of sp³-hybridized carbons (Fsp3) is 0.375. The zero-order valence-corrected chi connectivity index (χ0v) is 18.3. The van der Waals surface area contributed by atoms with Crippen LogP contribution in [0, 0.1) is 6.92 Å². The van der Waals surface area contributed by atoms with Gasteiger partial charge in [0.15, 0.2) is 0 Å². The SMILES string of the molecule is CCCCNc1nc2c(c(C)nc3sc4c(c32)CCCC4)c(=O)n1-c1ccccc1. The first-order valence-electron chi connectivity index (χ1n) is 10.9. The summed E-state index contributed by atoms with van der Waals surface area (Å²) in [4.78, 5) is 26.2. The van der Waals surface area contributed by atoms with Crippen molar-refractivity contribution in [1.82, 2.24) is 14.5 Å². The van der Waals surface area contributed by atoms with Gasteiger partial charge in [0.05, 0.1) is 22.3 Å². The summed E-state index contributed by atoms with van der Waals surface area (Å²) >= 11 is 1.78. The summed E-state index contributed by atoms with van der Waals surface area (Å²) in [7, 11) is 0. The van der Waals surface area contributed by atoms with Gasteiger partial charge in [-0.3, -0.25) is 4.79 Å². The van der Waals surface area contributed by atoms with Crippen LogP contribution < -0.4 is 10.9 Å². The number of hydrogen-bond donors (Lipinski definition) is 1. The third-order valence-corrected chi connectivity index (χ3v) is 7.12. The van der Waals surface area contributed by atoms with Crippen molar-refractivity contribution < 1.29 is 0 Å². The van der Waals surface area contributed by atoms with Crippen LogP contribution in [-0.4, -0.2) is 21.1 Å². The molecule has 0 spiro atoms. The van der Waals surface area contributed by atoms with E-state index in [1.165, 1.54) is 23.3 Å². The van der Waals surface area contributed by atoms with E-state index in [0.717, 1.165) is 59.3 Å². The monoisotopic (exact) mass is 418 g/mol. The molecule has 1 aromatic carbocycles. The second kappa shape index (κ2) is 7.84. The zero-order valence-electron chi connectivity index (χ0n) is 17.5. The van der Waals surface area contributed by atoms with E-state index in [0.29, 0.717) is 11.3 Å². The van der Waals surface area contributed by atoms with Crippen molar-refractivity contribution in [2.24, 2.45) is 0 Å². The second-order valence-corrected chi connectivity index (χ2v) is 9.09. The van der Waals surface area contributed by atoms with Crippen LogP contribution in [0.5, 0.6) is 0 Å². The zero-order chi connectivity index (χ0) is 20.7. The molecule has 1 N–H and O–H groups in total. The Balaban J connectivity index is 1.85. The van der Waals surface area contributed by atoms with Gasteiger partial charge in [0.2, 0.25) is 5.95 Å². The van der Waals surface area contributed by atoms with Crippen LogP contribution in [0.4, 0.5) is 5.95 Å². The highest BCUT2D eigenvalue weighted by molar-refractivity contribution is 7.19. The van der Waals surface area contributed by atoms with Crippen molar-refractivity contribution in [2.45, 2.75) is 52.4 Å². The van der Waals surface area contributed by atoms with E-state index in [9.17, 15) is 4.79 Å². The minimum absolute atomic E-state index is 0.0483.